The Morgan fingerprint density at radius 3 is 2.91 bits per heavy atom. The SMILES string of the molecule is CNC(C#N)c1cn(C)cn1. The Morgan fingerprint density at radius 1 is 1.82 bits per heavy atom. The summed E-state index contributed by atoms with van der Waals surface area (Å²) in [7, 11) is 3.61. The van der Waals surface area contributed by atoms with E-state index < -0.39 is 0 Å². The van der Waals surface area contributed by atoms with Crippen LogP contribution in [-0.4, -0.2) is 16.6 Å². The molecule has 1 heterocycles. The minimum Gasteiger partial charge on any atom is -0.340 e. The molecule has 0 saturated heterocycles. The van der Waals surface area contributed by atoms with E-state index in [0.717, 1.165) is 5.69 Å². The van der Waals surface area contributed by atoms with Crippen molar-refractivity contribution in [2.75, 3.05) is 7.05 Å². The number of aromatic nitrogens is 2. The van der Waals surface area contributed by atoms with E-state index in [1.165, 1.54) is 0 Å². The van der Waals surface area contributed by atoms with Crippen molar-refractivity contribution in [1.82, 2.24) is 14.9 Å². The largest absolute Gasteiger partial charge is 0.340 e. The van der Waals surface area contributed by atoms with Crippen LogP contribution in [0.4, 0.5) is 0 Å². The third kappa shape index (κ3) is 1.57. The number of rotatable bonds is 2. The quantitative estimate of drug-likeness (QED) is 0.655. The maximum absolute atomic E-state index is 8.63. The Hall–Kier alpha value is -1.34. The molecule has 0 aliphatic carbocycles. The van der Waals surface area contributed by atoms with E-state index in [0.29, 0.717) is 0 Å². The van der Waals surface area contributed by atoms with Crippen LogP contribution in [0.15, 0.2) is 12.5 Å². The van der Waals surface area contributed by atoms with Crippen LogP contribution in [0.25, 0.3) is 0 Å². The molecule has 0 aliphatic heterocycles. The summed E-state index contributed by atoms with van der Waals surface area (Å²) in [4.78, 5) is 4.04. The molecule has 0 aromatic carbocycles. The molecule has 1 unspecified atom stereocenters. The fourth-order valence-corrected chi connectivity index (χ4v) is 0.861. The lowest BCUT2D eigenvalue weighted by molar-refractivity contribution is 0.708. The predicted molar refractivity (Wildman–Crippen MR) is 40.6 cm³/mol. The number of nitriles is 1. The Morgan fingerprint density at radius 2 is 2.55 bits per heavy atom. The van der Waals surface area contributed by atoms with Gasteiger partial charge in [0.25, 0.3) is 0 Å². The van der Waals surface area contributed by atoms with Gasteiger partial charge in [0.15, 0.2) is 0 Å². The monoisotopic (exact) mass is 150 g/mol. The summed E-state index contributed by atoms with van der Waals surface area (Å²) in [6, 6.07) is 1.80. The van der Waals surface area contributed by atoms with Crippen LogP contribution in [0.2, 0.25) is 0 Å². The molecule has 0 saturated carbocycles. The van der Waals surface area contributed by atoms with Gasteiger partial charge in [-0.2, -0.15) is 5.26 Å². The van der Waals surface area contributed by atoms with Crippen molar-refractivity contribution in [1.29, 1.82) is 5.26 Å². The van der Waals surface area contributed by atoms with Crippen molar-refractivity contribution >= 4 is 0 Å². The summed E-state index contributed by atoms with van der Waals surface area (Å²) in [5.41, 5.74) is 0.762. The van der Waals surface area contributed by atoms with E-state index >= 15 is 0 Å². The highest BCUT2D eigenvalue weighted by Gasteiger charge is 2.08. The molecule has 0 fully saturated rings. The van der Waals surface area contributed by atoms with Gasteiger partial charge in [0, 0.05) is 13.2 Å². The maximum atomic E-state index is 8.63. The Bertz CT molecular complexity index is 270. The van der Waals surface area contributed by atoms with Crippen LogP contribution in [0.1, 0.15) is 11.7 Å². The predicted octanol–water partition coefficient (Wildman–Crippen LogP) is 0.204. The lowest BCUT2D eigenvalue weighted by Gasteiger charge is -2.01. The second kappa shape index (κ2) is 3.17. The van der Waals surface area contributed by atoms with Gasteiger partial charge in [-0.05, 0) is 7.05 Å². The van der Waals surface area contributed by atoms with E-state index in [4.69, 9.17) is 5.26 Å². The van der Waals surface area contributed by atoms with Gasteiger partial charge < -0.3 is 4.57 Å². The van der Waals surface area contributed by atoms with Crippen molar-refractivity contribution < 1.29 is 0 Å². The smallest absolute Gasteiger partial charge is 0.139 e. The third-order valence-electron chi connectivity index (χ3n) is 1.44. The topological polar surface area (TPSA) is 53.6 Å². The molecular weight excluding hydrogens is 140 g/mol. The van der Waals surface area contributed by atoms with Gasteiger partial charge in [-0.3, -0.25) is 5.32 Å². The molecule has 1 N–H and O–H groups in total. The Balaban J connectivity index is 2.84. The fraction of sp³-hybridized carbons (Fsp3) is 0.429. The highest BCUT2D eigenvalue weighted by atomic mass is 15.0. The normalized spacial score (nSPS) is 12.5. The van der Waals surface area contributed by atoms with Crippen LogP contribution >= 0.6 is 0 Å². The minimum absolute atomic E-state index is 0.295. The standard InChI is InChI=1S/C7H10N4/c1-9-6(3-8)7-4-11(2)5-10-7/h4-6,9H,1-2H3. The number of nitrogens with one attached hydrogen (secondary N) is 1. The third-order valence-corrected chi connectivity index (χ3v) is 1.44. The maximum Gasteiger partial charge on any atom is 0.139 e. The van der Waals surface area contributed by atoms with Crippen LogP contribution in [-0.2, 0) is 7.05 Å². The summed E-state index contributed by atoms with van der Waals surface area (Å²) in [6.07, 6.45) is 3.50. The average molecular weight is 150 g/mol. The van der Waals surface area contributed by atoms with Crippen LogP contribution in [0, 0.1) is 11.3 Å². The van der Waals surface area contributed by atoms with E-state index in [9.17, 15) is 0 Å². The number of nitrogens with zero attached hydrogens (tertiary/aromatic N) is 3. The molecule has 1 atom stereocenters. The van der Waals surface area contributed by atoms with Gasteiger partial charge >= 0.3 is 0 Å². The van der Waals surface area contributed by atoms with Crippen molar-refractivity contribution in [3.63, 3.8) is 0 Å². The van der Waals surface area contributed by atoms with Gasteiger partial charge in [0.05, 0.1) is 18.1 Å². The van der Waals surface area contributed by atoms with Crippen molar-refractivity contribution in [3.8, 4) is 6.07 Å². The minimum atomic E-state index is -0.295. The number of aryl methyl sites for hydroxylation is 1. The fourth-order valence-electron chi connectivity index (χ4n) is 0.861. The van der Waals surface area contributed by atoms with E-state index in [-0.39, 0.29) is 6.04 Å². The highest BCUT2D eigenvalue weighted by Crippen LogP contribution is 2.06. The van der Waals surface area contributed by atoms with Crippen LogP contribution in [0.3, 0.4) is 0 Å². The van der Waals surface area contributed by atoms with Crippen LogP contribution < -0.4 is 5.32 Å². The zero-order chi connectivity index (χ0) is 8.27. The van der Waals surface area contributed by atoms with E-state index in [2.05, 4.69) is 16.4 Å². The average Bonchev–Trinajstić information content (AvgIpc) is 2.39. The van der Waals surface area contributed by atoms with E-state index in [1.807, 2.05) is 17.8 Å². The Kier molecular flexibility index (Phi) is 2.24. The van der Waals surface area contributed by atoms with Gasteiger partial charge in [0.1, 0.15) is 6.04 Å². The molecule has 1 rings (SSSR count). The lowest BCUT2D eigenvalue weighted by Crippen LogP contribution is -2.14. The number of hydrogen-bond donors (Lipinski definition) is 1. The molecule has 58 valence electrons. The first kappa shape index (κ1) is 7.76. The second-order valence-corrected chi connectivity index (χ2v) is 2.31. The van der Waals surface area contributed by atoms with Crippen molar-refractivity contribution in [2.24, 2.45) is 7.05 Å². The number of imidazole rings is 1. The molecule has 11 heavy (non-hydrogen) atoms. The first-order valence-electron chi connectivity index (χ1n) is 3.32. The number of hydrogen-bond acceptors (Lipinski definition) is 3. The van der Waals surface area contributed by atoms with Gasteiger partial charge in [-0.1, -0.05) is 0 Å². The molecule has 0 aliphatic rings. The zero-order valence-corrected chi connectivity index (χ0v) is 6.57. The Labute approximate surface area is 65.5 Å². The molecule has 1 aromatic heterocycles. The highest BCUT2D eigenvalue weighted by molar-refractivity contribution is 5.11. The molecule has 4 nitrogen and oxygen atoms in total. The molecular formula is C7H10N4. The summed E-state index contributed by atoms with van der Waals surface area (Å²) in [5, 5.41) is 11.5. The molecule has 4 heteroatoms. The molecule has 0 radical (unpaired) electrons. The van der Waals surface area contributed by atoms with Crippen molar-refractivity contribution in [3.05, 3.63) is 18.2 Å². The van der Waals surface area contributed by atoms with Gasteiger partial charge in [-0.25, -0.2) is 4.98 Å². The summed E-state index contributed by atoms with van der Waals surface area (Å²) in [5.74, 6) is 0. The van der Waals surface area contributed by atoms with E-state index in [1.54, 1.807) is 13.4 Å². The molecule has 0 spiro atoms. The zero-order valence-electron chi connectivity index (χ0n) is 6.57. The molecule has 0 bridgehead atoms. The first-order valence-corrected chi connectivity index (χ1v) is 3.32. The lowest BCUT2D eigenvalue weighted by atomic mass is 10.2. The first-order chi connectivity index (χ1) is 5.27. The van der Waals surface area contributed by atoms with Gasteiger partial charge in [-0.15, -0.1) is 0 Å². The summed E-state index contributed by atoms with van der Waals surface area (Å²) >= 11 is 0. The second-order valence-electron chi connectivity index (χ2n) is 2.31. The molecule has 0 amide bonds. The van der Waals surface area contributed by atoms with Crippen LogP contribution in [0.5, 0.6) is 0 Å². The summed E-state index contributed by atoms with van der Waals surface area (Å²) in [6.45, 7) is 0. The van der Waals surface area contributed by atoms with Crippen molar-refractivity contribution in [2.45, 2.75) is 6.04 Å². The van der Waals surface area contributed by atoms with Gasteiger partial charge in [0.2, 0.25) is 0 Å². The molecule has 1 aromatic rings. The summed E-state index contributed by atoms with van der Waals surface area (Å²) < 4.78 is 1.82.